The maximum Gasteiger partial charge on any atom is 0.348 e. The van der Waals surface area contributed by atoms with Gasteiger partial charge in [0.1, 0.15) is 11.5 Å². The number of hydrogen-bond acceptors (Lipinski definition) is 2. The monoisotopic (exact) mass is 227 g/mol. The lowest BCUT2D eigenvalue weighted by atomic mass is 9.47. The maximum atomic E-state index is 13.4. The van der Waals surface area contributed by atoms with Gasteiger partial charge >= 0.3 is 5.69 Å². The minimum absolute atomic E-state index is 0.332. The van der Waals surface area contributed by atoms with Gasteiger partial charge in [0.05, 0.1) is 5.54 Å². The summed E-state index contributed by atoms with van der Waals surface area (Å²) >= 11 is 0. The molecule has 1 aliphatic heterocycles. The maximum absolute atomic E-state index is 13.4. The van der Waals surface area contributed by atoms with Crippen LogP contribution in [0.1, 0.15) is 37.8 Å². The molecule has 0 saturated heterocycles. The first-order chi connectivity index (χ1) is 7.53. The molecular formula is C10H11F2N3O. The van der Waals surface area contributed by atoms with Crippen LogP contribution in [0.25, 0.3) is 0 Å². The van der Waals surface area contributed by atoms with Crippen molar-refractivity contribution < 1.29 is 8.78 Å². The molecule has 2 bridgehead atoms. The normalized spacial score (nSPS) is 43.8. The van der Waals surface area contributed by atoms with Crippen LogP contribution in [0.2, 0.25) is 0 Å². The molecule has 2 heterocycles. The van der Waals surface area contributed by atoms with Crippen molar-refractivity contribution in [1.82, 2.24) is 14.3 Å². The van der Waals surface area contributed by atoms with E-state index in [1.165, 1.54) is 4.68 Å². The van der Waals surface area contributed by atoms with E-state index >= 15 is 0 Å². The quantitative estimate of drug-likeness (QED) is 0.719. The van der Waals surface area contributed by atoms with Gasteiger partial charge in [-0.15, -0.1) is 0 Å². The van der Waals surface area contributed by atoms with Crippen LogP contribution < -0.4 is 5.69 Å². The van der Waals surface area contributed by atoms with Crippen molar-refractivity contribution in [3.8, 4) is 0 Å². The Hall–Kier alpha value is -1.20. The lowest BCUT2D eigenvalue weighted by molar-refractivity contribution is -0.205. The van der Waals surface area contributed by atoms with Crippen LogP contribution in [-0.2, 0) is 12.0 Å². The first-order valence-electron chi connectivity index (χ1n) is 5.57. The van der Waals surface area contributed by atoms with Gasteiger partial charge in [-0.2, -0.15) is 5.10 Å². The molecule has 0 spiro atoms. The van der Waals surface area contributed by atoms with E-state index in [1.807, 2.05) is 0 Å². The molecule has 4 nitrogen and oxygen atoms in total. The van der Waals surface area contributed by atoms with Gasteiger partial charge in [0.15, 0.2) is 6.30 Å². The van der Waals surface area contributed by atoms with E-state index in [2.05, 4.69) is 5.10 Å². The molecule has 4 aliphatic rings. The largest absolute Gasteiger partial charge is 0.348 e. The Bertz CT molecular complexity index is 527. The van der Waals surface area contributed by atoms with Gasteiger partial charge in [-0.3, -0.25) is 0 Å². The summed E-state index contributed by atoms with van der Waals surface area (Å²) in [5, 5.41) is 4.16. The second kappa shape index (κ2) is 2.24. The Kier molecular flexibility index (Phi) is 1.24. The van der Waals surface area contributed by atoms with Gasteiger partial charge in [-0.1, -0.05) is 0 Å². The van der Waals surface area contributed by atoms with E-state index in [4.69, 9.17) is 0 Å². The number of rotatable bonds is 1. The molecule has 0 amide bonds. The van der Waals surface area contributed by atoms with E-state index < -0.39 is 23.2 Å². The predicted molar refractivity (Wildman–Crippen MR) is 50.6 cm³/mol. The van der Waals surface area contributed by atoms with Crippen molar-refractivity contribution in [3.05, 3.63) is 16.3 Å². The van der Waals surface area contributed by atoms with Crippen LogP contribution in [-0.4, -0.2) is 20.0 Å². The minimum atomic E-state index is -1.25. The fraction of sp³-hybridized carbons (Fsp3) is 0.800. The SMILES string of the molecule is O=c1n(C23CC(F)(C2)C3)nc2n1C(F)CC2. The van der Waals surface area contributed by atoms with Gasteiger partial charge < -0.3 is 0 Å². The Balaban J connectivity index is 1.82. The van der Waals surface area contributed by atoms with E-state index in [9.17, 15) is 13.6 Å². The summed E-state index contributed by atoms with van der Waals surface area (Å²) in [5.41, 5.74) is -1.90. The van der Waals surface area contributed by atoms with Crippen LogP contribution in [0, 0.1) is 0 Å². The molecule has 86 valence electrons. The van der Waals surface area contributed by atoms with Crippen molar-refractivity contribution in [2.75, 3.05) is 0 Å². The molecule has 1 unspecified atom stereocenters. The Morgan fingerprint density at radius 1 is 1.38 bits per heavy atom. The second-order valence-electron chi connectivity index (χ2n) is 5.36. The number of fused-ring (bicyclic) bond motifs is 1. The Labute approximate surface area is 89.9 Å². The molecule has 3 fully saturated rings. The van der Waals surface area contributed by atoms with Crippen molar-refractivity contribution in [2.24, 2.45) is 0 Å². The van der Waals surface area contributed by atoms with Crippen LogP contribution >= 0.6 is 0 Å². The molecule has 0 radical (unpaired) electrons. The summed E-state index contributed by atoms with van der Waals surface area (Å²) in [6, 6.07) is 0. The topological polar surface area (TPSA) is 39.8 Å². The van der Waals surface area contributed by atoms with Crippen molar-refractivity contribution in [3.63, 3.8) is 0 Å². The standard InChI is InChI=1S/C10H11F2N3O/c11-6-1-2-7-13-15(8(16)14(6)7)10-3-9(12,4-10)5-10/h6H,1-5H2. The molecule has 6 heteroatoms. The average Bonchev–Trinajstić information content (AvgIpc) is 2.63. The third kappa shape index (κ3) is 0.780. The zero-order valence-corrected chi connectivity index (χ0v) is 8.62. The zero-order valence-electron chi connectivity index (χ0n) is 8.62. The second-order valence-corrected chi connectivity index (χ2v) is 5.36. The lowest BCUT2D eigenvalue weighted by Gasteiger charge is -2.64. The minimum Gasteiger partial charge on any atom is -0.247 e. The molecule has 3 aliphatic carbocycles. The van der Waals surface area contributed by atoms with E-state index in [-0.39, 0.29) is 0 Å². The zero-order chi connectivity index (χ0) is 11.1. The molecule has 5 rings (SSSR count). The van der Waals surface area contributed by atoms with Gasteiger partial charge in [0.25, 0.3) is 0 Å². The predicted octanol–water partition coefficient (Wildman–Crippen LogP) is 1.06. The summed E-state index contributed by atoms with van der Waals surface area (Å²) in [7, 11) is 0. The van der Waals surface area contributed by atoms with Gasteiger partial charge in [-0.25, -0.2) is 22.8 Å². The van der Waals surface area contributed by atoms with Gasteiger partial charge in [-0.05, 0) is 0 Å². The molecule has 3 saturated carbocycles. The number of alkyl halides is 2. The van der Waals surface area contributed by atoms with Gasteiger partial charge in [0.2, 0.25) is 0 Å². The summed E-state index contributed by atoms with van der Waals surface area (Å²) in [6.07, 6.45) is 0.690. The molecule has 0 aromatic carbocycles. The lowest BCUT2D eigenvalue weighted by Crippen LogP contribution is -2.72. The smallest absolute Gasteiger partial charge is 0.247 e. The van der Waals surface area contributed by atoms with Crippen LogP contribution in [0.4, 0.5) is 8.78 Å². The summed E-state index contributed by atoms with van der Waals surface area (Å²) in [4.78, 5) is 11.9. The fourth-order valence-corrected chi connectivity index (χ4v) is 3.40. The third-order valence-electron chi connectivity index (χ3n) is 4.15. The Morgan fingerprint density at radius 2 is 2.06 bits per heavy atom. The van der Waals surface area contributed by atoms with Crippen LogP contribution in [0.15, 0.2) is 4.79 Å². The van der Waals surface area contributed by atoms with E-state index in [0.717, 1.165) is 4.57 Å². The van der Waals surface area contributed by atoms with Crippen molar-refractivity contribution >= 4 is 0 Å². The van der Waals surface area contributed by atoms with Crippen LogP contribution in [0.3, 0.4) is 0 Å². The fourth-order valence-electron chi connectivity index (χ4n) is 3.40. The molecule has 1 atom stereocenters. The molecule has 1 aromatic heterocycles. The van der Waals surface area contributed by atoms with E-state index in [1.54, 1.807) is 0 Å². The molecule has 0 N–H and O–H groups in total. The first kappa shape index (κ1) is 8.90. The molecule has 16 heavy (non-hydrogen) atoms. The summed E-state index contributed by atoms with van der Waals surface area (Å²) < 4.78 is 29.3. The van der Waals surface area contributed by atoms with Crippen molar-refractivity contribution in [2.45, 2.75) is 49.6 Å². The van der Waals surface area contributed by atoms with Crippen LogP contribution in [0.5, 0.6) is 0 Å². The van der Waals surface area contributed by atoms with Gasteiger partial charge in [0, 0.05) is 32.1 Å². The highest BCUT2D eigenvalue weighted by Crippen LogP contribution is 2.66. The number of aryl methyl sites for hydroxylation is 1. The highest BCUT2D eigenvalue weighted by molar-refractivity contribution is 5.22. The summed E-state index contributed by atoms with van der Waals surface area (Å²) in [5.74, 6) is 0.509. The van der Waals surface area contributed by atoms with E-state index in [0.29, 0.717) is 37.9 Å². The third-order valence-corrected chi connectivity index (χ3v) is 4.15. The first-order valence-corrected chi connectivity index (χ1v) is 5.57. The number of halogens is 2. The average molecular weight is 227 g/mol. The molecule has 1 aromatic rings. The molecular weight excluding hydrogens is 216 g/mol. The number of hydrogen-bond donors (Lipinski definition) is 0. The van der Waals surface area contributed by atoms with Crippen molar-refractivity contribution in [1.29, 1.82) is 0 Å². The number of aromatic nitrogens is 3. The number of nitrogens with zero attached hydrogens (tertiary/aromatic N) is 3. The highest BCUT2D eigenvalue weighted by atomic mass is 19.1. The summed E-state index contributed by atoms with van der Waals surface area (Å²) in [6.45, 7) is 0. The Morgan fingerprint density at radius 3 is 2.62 bits per heavy atom. The highest BCUT2D eigenvalue weighted by Gasteiger charge is 2.71.